The molecule has 5 rings (SSSR count). The van der Waals surface area contributed by atoms with Gasteiger partial charge in [0.1, 0.15) is 5.60 Å². The van der Waals surface area contributed by atoms with Gasteiger partial charge in [-0.3, -0.25) is 9.59 Å². The summed E-state index contributed by atoms with van der Waals surface area (Å²) in [7, 11) is 0. The molecule has 1 aliphatic heterocycles. The van der Waals surface area contributed by atoms with Crippen LogP contribution >= 0.6 is 0 Å². The van der Waals surface area contributed by atoms with E-state index in [1.807, 2.05) is 6.08 Å². The summed E-state index contributed by atoms with van der Waals surface area (Å²) in [6.45, 7) is 6.23. The number of hydrogen-bond donors (Lipinski definition) is 0. The maximum Gasteiger partial charge on any atom is 0.178 e. The molecule has 0 radical (unpaired) electrons. The van der Waals surface area contributed by atoms with Crippen LogP contribution in [-0.4, -0.2) is 23.3 Å². The fourth-order valence-corrected chi connectivity index (χ4v) is 6.77. The van der Waals surface area contributed by atoms with Crippen molar-refractivity contribution in [2.24, 2.45) is 22.7 Å². The third-order valence-corrected chi connectivity index (χ3v) is 7.89. The summed E-state index contributed by atoms with van der Waals surface area (Å²) in [5.41, 5.74) is 1.92. The van der Waals surface area contributed by atoms with Gasteiger partial charge in [-0.1, -0.05) is 24.6 Å². The highest BCUT2D eigenvalue weighted by molar-refractivity contribution is 6.01. The molecule has 5 aliphatic rings. The minimum Gasteiger partial charge on any atom is -0.364 e. The first-order valence-electron chi connectivity index (χ1n) is 9.16. The number of carbonyl (C=O) groups is 2. The molecule has 3 fully saturated rings. The fourth-order valence-electron chi connectivity index (χ4n) is 6.77. The lowest BCUT2D eigenvalue weighted by Gasteiger charge is -2.54. The molecule has 2 saturated carbocycles. The standard InChI is InChI=1S/C21H24O3/c1-12(22)15-6-7-16-17-5-4-13-10-14(23)8-9-20(13,3)21(17)18(24-21)11-19(15,16)2/h6,8-10,16-18H,4-5,7,11H2,1-3H3/t16-,17?,18-,19-,20+,21-/m1/s1. The zero-order chi connectivity index (χ0) is 16.9. The van der Waals surface area contributed by atoms with Crippen molar-refractivity contribution in [3.05, 3.63) is 35.5 Å². The van der Waals surface area contributed by atoms with Crippen molar-refractivity contribution in [2.75, 3.05) is 0 Å². The van der Waals surface area contributed by atoms with E-state index in [0.717, 1.165) is 31.3 Å². The molecular formula is C21H24O3. The van der Waals surface area contributed by atoms with E-state index in [0.29, 0.717) is 11.8 Å². The highest BCUT2D eigenvalue weighted by Crippen LogP contribution is 2.74. The van der Waals surface area contributed by atoms with Gasteiger partial charge in [0.15, 0.2) is 11.6 Å². The lowest BCUT2D eigenvalue weighted by Crippen LogP contribution is -2.56. The Morgan fingerprint density at radius 2 is 2.08 bits per heavy atom. The van der Waals surface area contributed by atoms with E-state index in [2.05, 4.69) is 26.0 Å². The zero-order valence-electron chi connectivity index (χ0n) is 14.6. The van der Waals surface area contributed by atoms with Gasteiger partial charge in [0.05, 0.1) is 6.10 Å². The third-order valence-electron chi connectivity index (χ3n) is 7.89. The van der Waals surface area contributed by atoms with E-state index in [4.69, 9.17) is 4.74 Å². The SMILES string of the molecule is CC(=O)C1=CC[C@@H]2C3CCC4=CC(=O)C=C[C@]4(C)[C@@]34O[C@@H]4C[C@]12C. The van der Waals surface area contributed by atoms with Gasteiger partial charge in [0, 0.05) is 10.8 Å². The van der Waals surface area contributed by atoms with E-state index in [1.54, 1.807) is 13.0 Å². The topological polar surface area (TPSA) is 46.7 Å². The molecule has 0 aromatic carbocycles. The molecule has 3 nitrogen and oxygen atoms in total. The molecule has 3 heteroatoms. The van der Waals surface area contributed by atoms with Gasteiger partial charge >= 0.3 is 0 Å². The van der Waals surface area contributed by atoms with Crippen LogP contribution in [0.5, 0.6) is 0 Å². The normalized spacial score (nSPS) is 51.0. The molecule has 6 atom stereocenters. The van der Waals surface area contributed by atoms with Crippen molar-refractivity contribution in [2.45, 2.75) is 58.2 Å². The van der Waals surface area contributed by atoms with Crippen LogP contribution < -0.4 is 0 Å². The number of rotatable bonds is 1. The largest absolute Gasteiger partial charge is 0.364 e. The average Bonchev–Trinajstić information content (AvgIpc) is 3.12. The fraction of sp³-hybridized carbons (Fsp3) is 0.619. The predicted molar refractivity (Wildman–Crippen MR) is 90.3 cm³/mol. The van der Waals surface area contributed by atoms with Crippen molar-refractivity contribution in [1.82, 2.24) is 0 Å². The van der Waals surface area contributed by atoms with E-state index < -0.39 is 0 Å². The number of ketones is 2. The molecule has 1 spiro atoms. The van der Waals surface area contributed by atoms with E-state index in [1.165, 1.54) is 5.57 Å². The number of allylic oxidation sites excluding steroid dienone is 4. The molecule has 1 saturated heterocycles. The Kier molecular flexibility index (Phi) is 2.59. The molecular weight excluding hydrogens is 300 g/mol. The minimum atomic E-state index is -0.158. The lowest BCUT2D eigenvalue weighted by atomic mass is 9.47. The monoisotopic (exact) mass is 324 g/mol. The Labute approximate surface area is 142 Å². The second-order valence-electron chi connectivity index (χ2n) is 8.79. The Bertz CT molecular complexity index is 772. The summed E-state index contributed by atoms with van der Waals surface area (Å²) in [6.07, 6.45) is 12.0. The van der Waals surface area contributed by atoms with Crippen LogP contribution in [0.4, 0.5) is 0 Å². The Morgan fingerprint density at radius 1 is 1.29 bits per heavy atom. The first kappa shape index (κ1) is 14.8. The maximum absolute atomic E-state index is 12.1. The van der Waals surface area contributed by atoms with Crippen LogP contribution in [0, 0.1) is 22.7 Å². The molecule has 126 valence electrons. The van der Waals surface area contributed by atoms with Gasteiger partial charge in [0.25, 0.3) is 0 Å². The van der Waals surface area contributed by atoms with Crippen molar-refractivity contribution in [3.63, 3.8) is 0 Å². The Balaban J connectivity index is 1.59. The van der Waals surface area contributed by atoms with Crippen LogP contribution in [0.25, 0.3) is 0 Å². The Morgan fingerprint density at radius 3 is 2.83 bits per heavy atom. The van der Waals surface area contributed by atoms with E-state index in [9.17, 15) is 9.59 Å². The number of carbonyl (C=O) groups excluding carboxylic acids is 2. The number of fused-ring (bicyclic) bond motifs is 3. The summed E-state index contributed by atoms with van der Waals surface area (Å²) in [5, 5.41) is 0. The van der Waals surface area contributed by atoms with Crippen LogP contribution in [0.15, 0.2) is 35.5 Å². The molecule has 1 unspecified atom stereocenters. The molecule has 0 aromatic rings. The third kappa shape index (κ3) is 1.45. The molecule has 0 N–H and O–H groups in total. The zero-order valence-corrected chi connectivity index (χ0v) is 14.6. The highest BCUT2D eigenvalue weighted by Gasteiger charge is 2.78. The van der Waals surface area contributed by atoms with Crippen LogP contribution in [0.1, 0.15) is 46.5 Å². The smallest absolute Gasteiger partial charge is 0.178 e. The van der Waals surface area contributed by atoms with Gasteiger partial charge in [-0.25, -0.2) is 0 Å². The second kappa shape index (κ2) is 4.19. The van der Waals surface area contributed by atoms with E-state index in [-0.39, 0.29) is 34.1 Å². The molecule has 24 heavy (non-hydrogen) atoms. The van der Waals surface area contributed by atoms with Gasteiger partial charge in [0.2, 0.25) is 0 Å². The van der Waals surface area contributed by atoms with Crippen molar-refractivity contribution >= 4 is 11.6 Å². The molecule has 0 bridgehead atoms. The number of epoxide rings is 1. The quantitative estimate of drug-likeness (QED) is 0.693. The van der Waals surface area contributed by atoms with Gasteiger partial charge in [-0.05, 0) is 69.1 Å². The number of ether oxygens (including phenoxy) is 1. The molecule has 1 heterocycles. The van der Waals surface area contributed by atoms with Crippen molar-refractivity contribution < 1.29 is 14.3 Å². The van der Waals surface area contributed by atoms with Gasteiger partial charge < -0.3 is 4.74 Å². The minimum absolute atomic E-state index is 0.0348. The average molecular weight is 324 g/mol. The second-order valence-corrected chi connectivity index (χ2v) is 8.79. The van der Waals surface area contributed by atoms with Gasteiger partial charge in [-0.15, -0.1) is 0 Å². The number of Topliss-reactive ketones (excluding diaryl/α,β-unsaturated/α-hetero) is 1. The van der Waals surface area contributed by atoms with Gasteiger partial charge in [-0.2, -0.15) is 0 Å². The molecule has 0 amide bonds. The van der Waals surface area contributed by atoms with Crippen LogP contribution in [0.2, 0.25) is 0 Å². The number of hydrogen-bond acceptors (Lipinski definition) is 3. The summed E-state index contributed by atoms with van der Waals surface area (Å²) >= 11 is 0. The highest BCUT2D eigenvalue weighted by atomic mass is 16.6. The molecule has 0 aromatic heterocycles. The van der Waals surface area contributed by atoms with E-state index >= 15 is 0 Å². The summed E-state index contributed by atoms with van der Waals surface area (Å²) in [4.78, 5) is 24.0. The maximum atomic E-state index is 12.1. The van der Waals surface area contributed by atoms with Crippen LogP contribution in [0.3, 0.4) is 0 Å². The lowest BCUT2D eigenvalue weighted by molar-refractivity contribution is -0.115. The van der Waals surface area contributed by atoms with Crippen LogP contribution in [-0.2, 0) is 14.3 Å². The molecule has 4 aliphatic carbocycles. The first-order valence-corrected chi connectivity index (χ1v) is 9.16. The summed E-state index contributed by atoms with van der Waals surface area (Å²) in [5.74, 6) is 1.28. The van der Waals surface area contributed by atoms with Crippen molar-refractivity contribution in [1.29, 1.82) is 0 Å². The first-order chi connectivity index (χ1) is 11.3. The predicted octanol–water partition coefficient (Wildman–Crippen LogP) is 3.55. The summed E-state index contributed by atoms with van der Waals surface area (Å²) in [6, 6.07) is 0. The summed E-state index contributed by atoms with van der Waals surface area (Å²) < 4.78 is 6.46. The Hall–Kier alpha value is -1.48. The van der Waals surface area contributed by atoms with Crippen molar-refractivity contribution in [3.8, 4) is 0 Å².